The molecule has 0 fully saturated rings. The fourth-order valence-corrected chi connectivity index (χ4v) is 8.18. The number of pyridine rings is 2. The number of benzene rings is 2. The lowest BCUT2D eigenvalue weighted by Crippen LogP contribution is -2.47. The molecule has 0 aliphatic heterocycles. The average molecular weight is 717 g/mol. The Balaban J connectivity index is 1.34. The van der Waals surface area contributed by atoms with Gasteiger partial charge in [0.05, 0.1) is 23.2 Å². The van der Waals surface area contributed by atoms with Gasteiger partial charge in [0.1, 0.15) is 11.3 Å². The summed E-state index contributed by atoms with van der Waals surface area (Å²) >= 11 is 6.20. The molecule has 0 aliphatic carbocycles. The van der Waals surface area contributed by atoms with E-state index in [4.69, 9.17) is 16.3 Å². The quantitative estimate of drug-likeness (QED) is 0.0931. The number of hydrogen-bond acceptors (Lipinski definition) is 7. The van der Waals surface area contributed by atoms with Gasteiger partial charge in [0.2, 0.25) is 10.0 Å². The van der Waals surface area contributed by atoms with Gasteiger partial charge in [0, 0.05) is 61.3 Å². The van der Waals surface area contributed by atoms with Crippen LogP contribution < -0.4 is 0 Å². The van der Waals surface area contributed by atoms with Crippen molar-refractivity contribution < 1.29 is 13.2 Å². The number of hydrogen-bond donors (Lipinski definition) is 0. The molecule has 11 heteroatoms. The molecule has 0 radical (unpaired) electrons. The molecule has 1 unspecified atom stereocenters. The van der Waals surface area contributed by atoms with Crippen LogP contribution in [0.1, 0.15) is 62.2 Å². The van der Waals surface area contributed by atoms with Crippen LogP contribution in [0.2, 0.25) is 5.02 Å². The first-order chi connectivity index (χ1) is 24.1. The summed E-state index contributed by atoms with van der Waals surface area (Å²) in [5.74, 6) is 1.26. The summed E-state index contributed by atoms with van der Waals surface area (Å²) in [6.07, 6.45) is 6.86. The largest absolute Gasteiger partial charge is 0.380 e. The van der Waals surface area contributed by atoms with E-state index in [0.29, 0.717) is 50.2 Å². The minimum Gasteiger partial charge on any atom is -0.380 e. The van der Waals surface area contributed by atoms with Gasteiger partial charge < -0.3 is 14.2 Å². The van der Waals surface area contributed by atoms with E-state index in [1.807, 2.05) is 62.5 Å². The van der Waals surface area contributed by atoms with Crippen LogP contribution in [0.4, 0.5) is 0 Å². The Morgan fingerprint density at radius 3 is 2.38 bits per heavy atom. The van der Waals surface area contributed by atoms with Crippen molar-refractivity contribution in [2.75, 3.05) is 39.9 Å². The van der Waals surface area contributed by atoms with E-state index in [9.17, 15) is 8.42 Å². The van der Waals surface area contributed by atoms with Crippen molar-refractivity contribution >= 4 is 32.7 Å². The maximum Gasteiger partial charge on any atom is 0.243 e. The normalized spacial score (nSPS) is 13.5. The summed E-state index contributed by atoms with van der Waals surface area (Å²) in [6.45, 7) is 11.3. The third kappa shape index (κ3) is 9.56. The first-order valence-corrected chi connectivity index (χ1v) is 19.2. The fourth-order valence-electron chi connectivity index (χ4n) is 6.45. The summed E-state index contributed by atoms with van der Waals surface area (Å²) in [6, 6.07) is 22.9. The van der Waals surface area contributed by atoms with Crippen LogP contribution in [-0.2, 0) is 21.3 Å². The molecule has 0 bridgehead atoms. The second-order valence-electron chi connectivity index (χ2n) is 13.3. The number of likely N-dealkylation sites (N-methyl/N-ethyl adjacent to an activating group) is 1. The van der Waals surface area contributed by atoms with Crippen molar-refractivity contribution in [2.24, 2.45) is 5.92 Å². The Bertz CT molecular complexity index is 1900. The van der Waals surface area contributed by atoms with E-state index >= 15 is 0 Å². The average Bonchev–Trinajstić information content (AvgIpc) is 3.42. The number of halogens is 1. The standard InChI is InChI=1S/C39H49ClN6O3S/c1-6-49-28-34(25-29(2)3)46(24-23-44(5)22-19-36(37-9-7-8-20-42-37)32-12-14-33(40)15-13-32)50(47,48)35-16-10-31(11-17-35)27-45-30(4)43-38-26-41-21-18-39(38)45/h7-18,20-21,26,29,34,36H,6,19,22-25,27-28H2,1-5H3/t34-,36?/m0/s1. The molecule has 0 amide bonds. The van der Waals surface area contributed by atoms with Crippen molar-refractivity contribution in [1.29, 1.82) is 0 Å². The SMILES string of the molecule is CCOC[C@H](CC(C)C)N(CCN(C)CCC(c1ccc(Cl)cc1)c1ccccn1)S(=O)(=O)c1ccc(Cn2c(C)nc3cnccc32)cc1. The van der Waals surface area contributed by atoms with E-state index in [1.165, 1.54) is 0 Å². The topological polar surface area (TPSA) is 93.5 Å². The summed E-state index contributed by atoms with van der Waals surface area (Å²) in [5, 5.41) is 0.698. The molecule has 50 heavy (non-hydrogen) atoms. The maximum atomic E-state index is 14.5. The zero-order valence-electron chi connectivity index (χ0n) is 29.7. The van der Waals surface area contributed by atoms with Crippen molar-refractivity contribution in [3.8, 4) is 0 Å². The van der Waals surface area contributed by atoms with Crippen LogP contribution in [0.15, 0.2) is 96.3 Å². The number of aromatic nitrogens is 4. The second-order valence-corrected chi connectivity index (χ2v) is 15.6. The second kappa shape index (κ2) is 17.5. The Morgan fingerprint density at radius 2 is 1.70 bits per heavy atom. The number of fused-ring (bicyclic) bond motifs is 1. The monoisotopic (exact) mass is 716 g/mol. The lowest BCUT2D eigenvalue weighted by molar-refractivity contribution is 0.0858. The van der Waals surface area contributed by atoms with Crippen LogP contribution in [0.3, 0.4) is 0 Å². The van der Waals surface area contributed by atoms with Gasteiger partial charge in [0.15, 0.2) is 0 Å². The number of imidazole rings is 1. The molecule has 3 heterocycles. The highest BCUT2D eigenvalue weighted by Gasteiger charge is 2.32. The molecular weight excluding hydrogens is 668 g/mol. The number of aryl methyl sites for hydroxylation is 1. The number of sulfonamides is 1. The highest BCUT2D eigenvalue weighted by molar-refractivity contribution is 7.89. The zero-order chi connectivity index (χ0) is 35.7. The molecule has 0 N–H and O–H groups in total. The molecule has 266 valence electrons. The predicted octanol–water partition coefficient (Wildman–Crippen LogP) is 7.43. The van der Waals surface area contributed by atoms with Crippen LogP contribution in [-0.4, -0.2) is 83.1 Å². The van der Waals surface area contributed by atoms with E-state index in [0.717, 1.165) is 46.6 Å². The lowest BCUT2D eigenvalue weighted by atomic mass is 9.92. The van der Waals surface area contributed by atoms with E-state index in [-0.39, 0.29) is 16.9 Å². The fraction of sp³-hybridized carbons (Fsp3) is 0.410. The molecule has 0 saturated heterocycles. The van der Waals surface area contributed by atoms with Gasteiger partial charge in [0.25, 0.3) is 0 Å². The molecule has 5 aromatic rings. The van der Waals surface area contributed by atoms with E-state index in [1.54, 1.807) is 28.8 Å². The van der Waals surface area contributed by atoms with E-state index < -0.39 is 10.0 Å². The molecule has 5 rings (SSSR count). The molecule has 2 atom stereocenters. The van der Waals surface area contributed by atoms with Gasteiger partial charge >= 0.3 is 0 Å². The van der Waals surface area contributed by atoms with Crippen molar-refractivity contribution in [3.05, 3.63) is 119 Å². The molecule has 3 aromatic heterocycles. The Morgan fingerprint density at radius 1 is 0.940 bits per heavy atom. The number of rotatable bonds is 18. The number of ether oxygens (including phenoxy) is 1. The van der Waals surface area contributed by atoms with Crippen LogP contribution in [0, 0.1) is 12.8 Å². The van der Waals surface area contributed by atoms with Crippen molar-refractivity contribution in [2.45, 2.75) is 63.9 Å². The maximum absolute atomic E-state index is 14.5. The molecule has 0 saturated carbocycles. The summed E-state index contributed by atoms with van der Waals surface area (Å²) in [7, 11) is -1.79. The first-order valence-electron chi connectivity index (χ1n) is 17.4. The van der Waals surface area contributed by atoms with Crippen LogP contribution in [0.25, 0.3) is 11.0 Å². The highest BCUT2D eigenvalue weighted by atomic mass is 35.5. The first kappa shape index (κ1) is 37.6. The molecule has 2 aromatic carbocycles. The van der Waals surface area contributed by atoms with Crippen molar-refractivity contribution in [1.82, 2.24) is 28.7 Å². The van der Waals surface area contributed by atoms with Gasteiger partial charge in [-0.2, -0.15) is 4.31 Å². The van der Waals surface area contributed by atoms with Crippen molar-refractivity contribution in [3.63, 3.8) is 0 Å². The third-order valence-corrected chi connectivity index (χ3v) is 11.3. The van der Waals surface area contributed by atoms with Gasteiger partial charge in [-0.05, 0) is 99.8 Å². The smallest absolute Gasteiger partial charge is 0.243 e. The molecule has 0 aliphatic rings. The lowest BCUT2D eigenvalue weighted by Gasteiger charge is -2.33. The zero-order valence-corrected chi connectivity index (χ0v) is 31.3. The minimum absolute atomic E-state index is 0.0849. The van der Waals surface area contributed by atoms with Gasteiger partial charge in [-0.25, -0.2) is 13.4 Å². The third-order valence-electron chi connectivity index (χ3n) is 9.10. The van der Waals surface area contributed by atoms with Crippen LogP contribution in [0.5, 0.6) is 0 Å². The Kier molecular flexibility index (Phi) is 13.2. The predicted molar refractivity (Wildman–Crippen MR) is 201 cm³/mol. The highest BCUT2D eigenvalue weighted by Crippen LogP contribution is 2.28. The molecule has 0 spiro atoms. The van der Waals surface area contributed by atoms with Gasteiger partial charge in [-0.3, -0.25) is 9.97 Å². The summed E-state index contributed by atoms with van der Waals surface area (Å²) < 4.78 is 38.6. The van der Waals surface area contributed by atoms with Gasteiger partial charge in [-0.15, -0.1) is 0 Å². The van der Waals surface area contributed by atoms with E-state index in [2.05, 4.69) is 63.5 Å². The minimum atomic E-state index is -3.84. The van der Waals surface area contributed by atoms with Gasteiger partial charge in [-0.1, -0.05) is 55.8 Å². The van der Waals surface area contributed by atoms with Crippen LogP contribution >= 0.6 is 11.6 Å². The number of nitrogens with zero attached hydrogens (tertiary/aromatic N) is 6. The molecular formula is C39H49ClN6O3S. The Labute approximate surface area is 302 Å². The Hall–Kier alpha value is -3.67. The summed E-state index contributed by atoms with van der Waals surface area (Å²) in [4.78, 5) is 16.0. The summed E-state index contributed by atoms with van der Waals surface area (Å²) in [5.41, 5.74) is 4.98. The molecule has 9 nitrogen and oxygen atoms in total.